The van der Waals surface area contributed by atoms with Gasteiger partial charge in [0.15, 0.2) is 5.16 Å². The lowest BCUT2D eigenvalue weighted by molar-refractivity contribution is -0.198. The molecule has 3 rings (SSSR count). The molecule has 0 saturated heterocycles. The minimum Gasteiger partial charge on any atom is -0.457 e. The zero-order valence-corrected chi connectivity index (χ0v) is 25.0. The lowest BCUT2D eigenvalue weighted by atomic mass is 10.2. The van der Waals surface area contributed by atoms with Gasteiger partial charge in [-0.25, -0.2) is 32.7 Å². The molecule has 2 heterocycles. The third-order valence-electron chi connectivity index (χ3n) is 5.42. The molecule has 0 aliphatic rings. The molecule has 0 spiro atoms. The van der Waals surface area contributed by atoms with Crippen LogP contribution in [0.3, 0.4) is 0 Å². The van der Waals surface area contributed by atoms with Gasteiger partial charge in [0.2, 0.25) is 21.9 Å². The quantitative estimate of drug-likeness (QED) is 0.0801. The fourth-order valence-corrected chi connectivity index (χ4v) is 5.81. The predicted molar refractivity (Wildman–Crippen MR) is 148 cm³/mol. The first-order valence-electron chi connectivity index (χ1n) is 12.2. The number of hydrogen-bond donors (Lipinski definition) is 0. The molecular weight excluding hydrogens is 572 g/mol. The van der Waals surface area contributed by atoms with Crippen LogP contribution < -0.4 is 9.04 Å². The van der Waals surface area contributed by atoms with Crippen LogP contribution in [-0.4, -0.2) is 68.0 Å². The van der Waals surface area contributed by atoms with Crippen LogP contribution in [0.25, 0.3) is 11.0 Å². The van der Waals surface area contributed by atoms with Gasteiger partial charge in [0.25, 0.3) is 5.88 Å². The van der Waals surface area contributed by atoms with Crippen molar-refractivity contribution in [3.05, 3.63) is 42.2 Å². The van der Waals surface area contributed by atoms with Gasteiger partial charge < -0.3 is 9.47 Å². The minimum absolute atomic E-state index is 0.235. The number of ether oxygens (including phenoxy) is 2. The van der Waals surface area contributed by atoms with Crippen molar-refractivity contribution in [2.45, 2.75) is 56.5 Å². The van der Waals surface area contributed by atoms with E-state index in [2.05, 4.69) is 39.6 Å². The van der Waals surface area contributed by atoms with Crippen LogP contribution in [0.4, 0.5) is 19.0 Å². The van der Waals surface area contributed by atoms with E-state index in [4.69, 9.17) is 9.47 Å². The second-order valence-electron chi connectivity index (χ2n) is 9.90. The molecule has 0 aliphatic carbocycles. The maximum absolute atomic E-state index is 14.2. The Morgan fingerprint density at radius 3 is 2.23 bits per heavy atom. The van der Waals surface area contributed by atoms with Gasteiger partial charge in [0.1, 0.15) is 6.73 Å². The molecule has 0 amide bonds. The summed E-state index contributed by atoms with van der Waals surface area (Å²) in [6.07, 6.45) is -3.40. The molecule has 214 valence electrons. The van der Waals surface area contributed by atoms with Crippen LogP contribution in [-0.2, 0) is 14.8 Å². The summed E-state index contributed by atoms with van der Waals surface area (Å²) in [4.78, 5) is 16.5. The summed E-state index contributed by atoms with van der Waals surface area (Å²) < 4.78 is 81.4. The second-order valence-corrected chi connectivity index (χ2v) is 18.3. The molecule has 15 heteroatoms. The van der Waals surface area contributed by atoms with Crippen LogP contribution in [0.1, 0.15) is 25.0 Å². The number of aromatic nitrogens is 4. The lowest BCUT2D eigenvalue weighted by Crippen LogP contribution is -2.37. The summed E-state index contributed by atoms with van der Waals surface area (Å²) in [7, 11) is -5.54. The monoisotopic (exact) mass is 603 g/mol. The van der Waals surface area contributed by atoms with E-state index < -0.39 is 43.0 Å². The Morgan fingerprint density at radius 1 is 1.08 bits per heavy atom. The van der Waals surface area contributed by atoms with Gasteiger partial charge in [0, 0.05) is 32.6 Å². The first-order valence-corrected chi connectivity index (χ1v) is 18.7. The molecule has 0 fully saturated rings. The van der Waals surface area contributed by atoms with Crippen LogP contribution in [0, 0.1) is 0 Å². The highest BCUT2D eigenvalue weighted by molar-refractivity contribution is 7.98. The topological polar surface area (TPSA) is 107 Å². The first-order chi connectivity index (χ1) is 18.2. The Morgan fingerprint density at radius 2 is 1.69 bits per heavy atom. The summed E-state index contributed by atoms with van der Waals surface area (Å²) in [6.45, 7) is 7.97. The fraction of sp³-hybridized carbons (Fsp3) is 0.500. The van der Waals surface area contributed by atoms with Gasteiger partial charge in [0.05, 0.1) is 16.8 Å². The van der Waals surface area contributed by atoms with Gasteiger partial charge >= 0.3 is 6.18 Å². The van der Waals surface area contributed by atoms with Crippen molar-refractivity contribution in [3.63, 3.8) is 0 Å². The number of anilines is 1. The van der Waals surface area contributed by atoms with Crippen molar-refractivity contribution < 1.29 is 31.1 Å². The maximum atomic E-state index is 14.2. The molecule has 3 aromatic rings. The fourth-order valence-electron chi connectivity index (χ4n) is 3.39. The molecule has 0 radical (unpaired) electrons. The number of para-hydroxylation sites is 2. The maximum Gasteiger partial charge on any atom is 0.429 e. The van der Waals surface area contributed by atoms with Gasteiger partial charge in [-0.05, 0) is 30.9 Å². The summed E-state index contributed by atoms with van der Waals surface area (Å²) in [6, 6.07) is 7.21. The number of nitrogens with zero attached hydrogens (tertiary/aromatic N) is 5. The van der Waals surface area contributed by atoms with Crippen molar-refractivity contribution >= 4 is 46.7 Å². The van der Waals surface area contributed by atoms with E-state index in [0.29, 0.717) is 0 Å². The van der Waals surface area contributed by atoms with Gasteiger partial charge in [-0.1, -0.05) is 50.5 Å². The van der Waals surface area contributed by atoms with Gasteiger partial charge in [-0.2, -0.15) is 13.2 Å². The van der Waals surface area contributed by atoms with Crippen molar-refractivity contribution in [1.29, 1.82) is 0 Å². The zero-order valence-electron chi connectivity index (χ0n) is 22.4. The Hall–Kier alpha value is -2.49. The lowest BCUT2D eigenvalue weighted by Gasteiger charge is -2.27. The third kappa shape index (κ3) is 8.49. The minimum atomic E-state index is -4.89. The molecule has 9 nitrogen and oxygen atoms in total. The van der Waals surface area contributed by atoms with Crippen molar-refractivity contribution in [2.24, 2.45) is 0 Å². The van der Waals surface area contributed by atoms with E-state index in [1.165, 1.54) is 11.8 Å². The number of hydrogen-bond acceptors (Lipinski definition) is 9. The number of fused-ring (bicyclic) bond motifs is 1. The molecule has 1 aromatic carbocycles. The number of halogens is 3. The Kier molecular flexibility index (Phi) is 10.2. The van der Waals surface area contributed by atoms with Gasteiger partial charge in [-0.3, -0.25) is 0 Å². The number of benzene rings is 1. The number of alkyl halides is 3. The summed E-state index contributed by atoms with van der Waals surface area (Å²) in [5, 5.41) is 0.290. The Labute approximate surface area is 231 Å². The predicted octanol–water partition coefficient (Wildman–Crippen LogP) is 5.68. The van der Waals surface area contributed by atoms with Crippen molar-refractivity contribution in [3.8, 4) is 5.88 Å². The SMILES string of the molecule is CCCS(=O)(=O)N(COCC[Si](C)(C)C)c1nc2ccccc2nc1OC(c1cnc(SC)nc1)C(F)(F)F. The van der Waals surface area contributed by atoms with Crippen LogP contribution in [0.2, 0.25) is 25.7 Å². The molecule has 39 heavy (non-hydrogen) atoms. The standard InChI is InChI=1S/C24H32F3N5O4S2Si/c1-6-12-38(33,34)32(16-35-11-13-39(3,4)5)21-22(31-19-10-8-7-9-18(19)30-21)36-20(24(25,26)27)17-14-28-23(37-2)29-15-17/h7-10,14-15,20H,6,11-13,16H2,1-5H3. The average Bonchev–Trinajstić information content (AvgIpc) is 2.85. The largest absolute Gasteiger partial charge is 0.457 e. The van der Waals surface area contributed by atoms with Crippen LogP contribution in [0.15, 0.2) is 41.8 Å². The third-order valence-corrected chi connectivity index (χ3v) is 9.57. The highest BCUT2D eigenvalue weighted by Gasteiger charge is 2.45. The van der Waals surface area contributed by atoms with E-state index in [1.54, 1.807) is 37.4 Å². The van der Waals surface area contributed by atoms with Crippen LogP contribution in [0.5, 0.6) is 5.88 Å². The molecule has 0 saturated carbocycles. The number of sulfonamides is 1. The Bertz CT molecular complexity index is 1360. The molecule has 1 atom stereocenters. The van der Waals surface area contributed by atoms with E-state index >= 15 is 0 Å². The first kappa shape index (κ1) is 31.0. The molecule has 1 unspecified atom stereocenters. The smallest absolute Gasteiger partial charge is 0.429 e. The molecule has 0 N–H and O–H groups in total. The number of rotatable bonds is 13. The van der Waals surface area contributed by atoms with Crippen LogP contribution >= 0.6 is 11.8 Å². The Balaban J connectivity index is 2.12. The van der Waals surface area contributed by atoms with E-state index in [9.17, 15) is 21.6 Å². The van der Waals surface area contributed by atoms with Gasteiger partial charge in [-0.15, -0.1) is 0 Å². The summed E-state index contributed by atoms with van der Waals surface area (Å²) in [5.74, 6) is -1.25. The highest BCUT2D eigenvalue weighted by Crippen LogP contribution is 2.39. The van der Waals surface area contributed by atoms with Crippen molar-refractivity contribution in [2.75, 3.05) is 29.7 Å². The number of thioether (sulfide) groups is 1. The molecule has 2 aromatic heterocycles. The molecule has 0 bridgehead atoms. The van der Waals surface area contributed by atoms with Crippen molar-refractivity contribution in [1.82, 2.24) is 19.9 Å². The average molecular weight is 604 g/mol. The summed E-state index contributed by atoms with van der Waals surface area (Å²) >= 11 is 1.18. The van der Waals surface area contributed by atoms with E-state index in [1.807, 2.05) is 0 Å². The highest BCUT2D eigenvalue weighted by atomic mass is 32.2. The van der Waals surface area contributed by atoms with E-state index in [-0.39, 0.29) is 46.4 Å². The molecular formula is C24H32F3N5O4S2Si. The normalized spacial score (nSPS) is 13.4. The zero-order chi connectivity index (χ0) is 28.8. The summed E-state index contributed by atoms with van der Waals surface area (Å²) in [5.41, 5.74) is 0.157. The van der Waals surface area contributed by atoms with E-state index in [0.717, 1.165) is 22.7 Å². The second kappa shape index (κ2) is 12.8. The molecule has 0 aliphatic heterocycles.